The van der Waals surface area contributed by atoms with Crippen LogP contribution in [0.2, 0.25) is 0 Å². The fraction of sp³-hybridized carbons (Fsp3) is 0.905. The normalized spacial score (nSPS) is 58.9. The van der Waals surface area contributed by atoms with Gasteiger partial charge in [-0.3, -0.25) is 0 Å². The lowest BCUT2D eigenvalue weighted by Gasteiger charge is -2.63. The van der Waals surface area contributed by atoms with Gasteiger partial charge in [0.05, 0.1) is 12.2 Å². The molecule has 0 saturated heterocycles. The Labute approximate surface area is 146 Å². The van der Waals surface area contributed by atoms with Crippen LogP contribution in [0.5, 0.6) is 0 Å². The van der Waals surface area contributed by atoms with E-state index in [4.69, 9.17) is 5.73 Å². The molecule has 0 aromatic heterocycles. The third-order valence-corrected chi connectivity index (χ3v) is 8.99. The fourth-order valence-corrected chi connectivity index (χ4v) is 7.61. The second kappa shape index (κ2) is 5.56. The SMILES string of the molecule is C/C=C1/CCC2C3C(O)[C@H](O)C4C[C@@H](N)CC[C@]4(C)C3CC[C@]12C. The van der Waals surface area contributed by atoms with Crippen LogP contribution in [0.1, 0.15) is 65.7 Å². The van der Waals surface area contributed by atoms with Crippen molar-refractivity contribution >= 4 is 0 Å². The summed E-state index contributed by atoms with van der Waals surface area (Å²) in [5, 5.41) is 22.1. The topological polar surface area (TPSA) is 66.5 Å². The Morgan fingerprint density at radius 1 is 1.00 bits per heavy atom. The Morgan fingerprint density at radius 2 is 1.75 bits per heavy atom. The zero-order valence-electron chi connectivity index (χ0n) is 15.5. The molecule has 0 aromatic carbocycles. The number of aliphatic hydroxyl groups is 2. The molecule has 4 fully saturated rings. The Hall–Kier alpha value is -0.380. The zero-order valence-corrected chi connectivity index (χ0v) is 15.5. The van der Waals surface area contributed by atoms with Crippen molar-refractivity contribution in [2.45, 2.75) is 84.0 Å². The average molecular weight is 334 g/mol. The minimum Gasteiger partial charge on any atom is -0.390 e. The molecule has 136 valence electrons. The van der Waals surface area contributed by atoms with Crippen LogP contribution in [0.4, 0.5) is 0 Å². The summed E-state index contributed by atoms with van der Waals surface area (Å²) in [5.74, 6) is 1.50. The van der Waals surface area contributed by atoms with Gasteiger partial charge < -0.3 is 15.9 Å². The molecule has 5 unspecified atom stereocenters. The Morgan fingerprint density at radius 3 is 2.46 bits per heavy atom. The van der Waals surface area contributed by atoms with Gasteiger partial charge in [-0.1, -0.05) is 25.5 Å². The van der Waals surface area contributed by atoms with Crippen LogP contribution in [0.15, 0.2) is 11.6 Å². The molecule has 0 spiro atoms. The molecule has 4 N–H and O–H groups in total. The van der Waals surface area contributed by atoms with Crippen molar-refractivity contribution in [2.24, 2.45) is 40.2 Å². The summed E-state index contributed by atoms with van der Waals surface area (Å²) < 4.78 is 0. The number of aliphatic hydroxyl groups excluding tert-OH is 2. The summed E-state index contributed by atoms with van der Waals surface area (Å²) >= 11 is 0. The van der Waals surface area contributed by atoms with Crippen LogP contribution in [0.3, 0.4) is 0 Å². The van der Waals surface area contributed by atoms with Crippen LogP contribution >= 0.6 is 0 Å². The molecule has 4 aliphatic rings. The number of allylic oxidation sites excluding steroid dienone is 2. The second-order valence-corrected chi connectivity index (χ2v) is 9.73. The lowest BCUT2D eigenvalue weighted by atomic mass is 9.43. The first kappa shape index (κ1) is 17.1. The van der Waals surface area contributed by atoms with E-state index in [9.17, 15) is 10.2 Å². The third kappa shape index (κ3) is 2.07. The van der Waals surface area contributed by atoms with Crippen molar-refractivity contribution in [3.05, 3.63) is 11.6 Å². The minimum absolute atomic E-state index is 0.152. The van der Waals surface area contributed by atoms with Crippen LogP contribution in [-0.4, -0.2) is 28.5 Å². The zero-order chi connectivity index (χ0) is 17.3. The molecule has 3 heteroatoms. The van der Waals surface area contributed by atoms with Gasteiger partial charge in [0.1, 0.15) is 0 Å². The largest absolute Gasteiger partial charge is 0.390 e. The lowest BCUT2D eigenvalue weighted by molar-refractivity contribution is -0.210. The number of fused-ring (bicyclic) bond motifs is 5. The van der Waals surface area contributed by atoms with E-state index in [2.05, 4.69) is 26.8 Å². The first-order valence-electron chi connectivity index (χ1n) is 10.1. The Kier molecular flexibility index (Phi) is 3.95. The number of nitrogens with two attached hydrogens (primary N) is 1. The Bertz CT molecular complexity index is 546. The molecule has 24 heavy (non-hydrogen) atoms. The predicted molar refractivity (Wildman–Crippen MR) is 96.2 cm³/mol. The van der Waals surface area contributed by atoms with E-state index in [1.165, 1.54) is 25.7 Å². The van der Waals surface area contributed by atoms with Crippen molar-refractivity contribution in [3.63, 3.8) is 0 Å². The summed E-state index contributed by atoms with van der Waals surface area (Å²) in [6, 6.07) is 0.191. The second-order valence-electron chi connectivity index (χ2n) is 9.73. The first-order chi connectivity index (χ1) is 11.3. The van der Waals surface area contributed by atoms with E-state index in [-0.39, 0.29) is 28.7 Å². The molecule has 0 heterocycles. The molecule has 4 aliphatic carbocycles. The van der Waals surface area contributed by atoms with Crippen LogP contribution in [0.25, 0.3) is 0 Å². The molecule has 4 saturated carbocycles. The van der Waals surface area contributed by atoms with Gasteiger partial charge in [0, 0.05) is 6.04 Å². The van der Waals surface area contributed by atoms with E-state index in [0.717, 1.165) is 19.3 Å². The van der Waals surface area contributed by atoms with Crippen molar-refractivity contribution in [1.29, 1.82) is 0 Å². The summed E-state index contributed by atoms with van der Waals surface area (Å²) in [4.78, 5) is 0. The van der Waals surface area contributed by atoms with E-state index in [0.29, 0.717) is 11.8 Å². The highest BCUT2D eigenvalue weighted by molar-refractivity contribution is 5.25. The lowest BCUT2D eigenvalue weighted by Crippen LogP contribution is -2.64. The molecular formula is C21H35NO2. The van der Waals surface area contributed by atoms with E-state index < -0.39 is 12.2 Å². The molecule has 0 bridgehead atoms. The summed E-state index contributed by atoms with van der Waals surface area (Å²) in [7, 11) is 0. The maximum Gasteiger partial charge on any atom is 0.0836 e. The molecule has 0 amide bonds. The van der Waals surface area contributed by atoms with Gasteiger partial charge in [-0.05, 0) is 86.4 Å². The van der Waals surface area contributed by atoms with Crippen molar-refractivity contribution < 1.29 is 10.2 Å². The van der Waals surface area contributed by atoms with Gasteiger partial charge in [0.2, 0.25) is 0 Å². The average Bonchev–Trinajstić information content (AvgIpc) is 2.90. The van der Waals surface area contributed by atoms with Gasteiger partial charge in [0.25, 0.3) is 0 Å². The van der Waals surface area contributed by atoms with E-state index >= 15 is 0 Å². The van der Waals surface area contributed by atoms with Crippen molar-refractivity contribution in [2.75, 3.05) is 0 Å². The standard InChI is InChI=1S/C21H35NO2/c1-4-12-5-6-14-17-15(8-10-20(12,14)2)21(3)9-7-13(22)11-16(21)18(23)19(17)24/h4,13-19,23-24H,5-11,22H2,1-3H3/b12-4-/t13-,14?,15?,16?,17?,18+,19?,20+,21+/m0/s1. The highest BCUT2D eigenvalue weighted by Gasteiger charge is 2.63. The number of hydrogen-bond acceptors (Lipinski definition) is 3. The maximum atomic E-state index is 11.1. The van der Waals surface area contributed by atoms with Crippen molar-refractivity contribution in [3.8, 4) is 0 Å². The highest BCUT2D eigenvalue weighted by atomic mass is 16.3. The monoisotopic (exact) mass is 333 g/mol. The van der Waals surface area contributed by atoms with E-state index in [1.807, 2.05) is 0 Å². The number of hydrogen-bond donors (Lipinski definition) is 3. The molecular weight excluding hydrogens is 298 g/mol. The Balaban J connectivity index is 1.73. The van der Waals surface area contributed by atoms with Crippen LogP contribution in [0, 0.1) is 34.5 Å². The maximum absolute atomic E-state index is 11.1. The van der Waals surface area contributed by atoms with Gasteiger partial charge in [-0.25, -0.2) is 0 Å². The third-order valence-electron chi connectivity index (χ3n) is 8.99. The fourth-order valence-electron chi connectivity index (χ4n) is 7.61. The van der Waals surface area contributed by atoms with Crippen LogP contribution in [-0.2, 0) is 0 Å². The molecule has 0 aromatic rings. The van der Waals surface area contributed by atoms with Gasteiger partial charge in [-0.2, -0.15) is 0 Å². The predicted octanol–water partition coefficient (Wildman–Crippen LogP) is 3.24. The summed E-state index contributed by atoms with van der Waals surface area (Å²) in [6.07, 6.45) is 9.01. The van der Waals surface area contributed by atoms with Gasteiger partial charge in [-0.15, -0.1) is 0 Å². The molecule has 0 radical (unpaired) electrons. The summed E-state index contributed by atoms with van der Waals surface area (Å²) in [6.45, 7) is 6.98. The van der Waals surface area contributed by atoms with Gasteiger partial charge >= 0.3 is 0 Å². The quantitative estimate of drug-likeness (QED) is 0.596. The molecule has 0 aliphatic heterocycles. The molecule has 9 atom stereocenters. The summed E-state index contributed by atoms with van der Waals surface area (Å²) in [5.41, 5.74) is 8.20. The minimum atomic E-state index is -0.598. The van der Waals surface area contributed by atoms with Crippen molar-refractivity contribution in [1.82, 2.24) is 0 Å². The smallest absolute Gasteiger partial charge is 0.0836 e. The van der Waals surface area contributed by atoms with Crippen LogP contribution < -0.4 is 5.73 Å². The highest BCUT2D eigenvalue weighted by Crippen LogP contribution is 2.67. The number of rotatable bonds is 0. The molecule has 4 rings (SSSR count). The molecule has 3 nitrogen and oxygen atoms in total. The van der Waals surface area contributed by atoms with Gasteiger partial charge in [0.15, 0.2) is 0 Å². The first-order valence-corrected chi connectivity index (χ1v) is 10.1. The van der Waals surface area contributed by atoms with E-state index in [1.54, 1.807) is 5.57 Å².